The molecule has 0 amide bonds. The van der Waals surface area contributed by atoms with E-state index in [0.29, 0.717) is 28.6 Å². The minimum absolute atomic E-state index is 0.211. The quantitative estimate of drug-likeness (QED) is 0.170. The van der Waals surface area contributed by atoms with Gasteiger partial charge in [-0.25, -0.2) is 15.0 Å². The van der Waals surface area contributed by atoms with Crippen molar-refractivity contribution >= 4 is 21.5 Å². The van der Waals surface area contributed by atoms with E-state index in [1.807, 2.05) is 78.9 Å². The van der Waals surface area contributed by atoms with Gasteiger partial charge in [-0.15, -0.1) is 0 Å². The first-order valence-electron chi connectivity index (χ1n) is 19.9. The number of rotatable bonds is 6. The van der Waals surface area contributed by atoms with E-state index in [1.54, 1.807) is 0 Å². The van der Waals surface area contributed by atoms with Crippen LogP contribution in [0.1, 0.15) is 55.7 Å². The van der Waals surface area contributed by atoms with Gasteiger partial charge in [0.1, 0.15) is 0 Å². The predicted octanol–water partition coefficient (Wildman–Crippen LogP) is 12.7. The SMILES string of the molecule is CC1(c2ccc(-c3cc(-c4cccc(C#N)c4)cc(-c4nc(-c5cccc6ccccc56)nc(-c5ccc(C#N)c6ccccc56)n4)c3)cc2)C[C@@H]2CC[C@@H](C2)C1. The Morgan fingerprint density at radius 2 is 1.12 bits per heavy atom. The Hall–Kier alpha value is -6.95. The van der Waals surface area contributed by atoms with E-state index >= 15 is 0 Å². The van der Waals surface area contributed by atoms with E-state index < -0.39 is 0 Å². The van der Waals surface area contributed by atoms with Crippen LogP contribution in [0.2, 0.25) is 0 Å². The molecule has 1 unspecified atom stereocenters. The van der Waals surface area contributed by atoms with E-state index in [0.717, 1.165) is 72.3 Å². The van der Waals surface area contributed by atoms with Gasteiger partial charge < -0.3 is 0 Å². The standard InChI is InChI=1S/C52H39N5/c1-52(29-33-16-17-34(24-33)30-52)43-21-18-36(19-22-43)40-26-41(38-11-6-8-35(25-38)31-53)28-42(27-40)49-55-50(47-15-7-10-37-9-2-3-12-44(37)47)57-51(56-49)48-23-20-39(32-54)45-13-4-5-14-46(45)48/h2-15,18-23,25-28,33-34H,16-17,24,29-30H2,1H3/t33-,34+,52?. The molecule has 5 heteroatoms. The highest BCUT2D eigenvalue weighted by Gasteiger charge is 2.41. The molecule has 0 aliphatic heterocycles. The van der Waals surface area contributed by atoms with E-state index in [1.165, 1.54) is 37.7 Å². The molecule has 272 valence electrons. The molecule has 0 spiro atoms. The molecule has 7 aromatic carbocycles. The number of aromatic nitrogens is 3. The first kappa shape index (κ1) is 34.5. The van der Waals surface area contributed by atoms with Crippen molar-refractivity contribution in [2.45, 2.75) is 44.4 Å². The van der Waals surface area contributed by atoms with E-state index in [2.05, 4.69) is 85.8 Å². The molecule has 5 nitrogen and oxygen atoms in total. The molecule has 2 aliphatic carbocycles. The molecule has 3 atom stereocenters. The van der Waals surface area contributed by atoms with Crippen molar-refractivity contribution in [3.63, 3.8) is 0 Å². The summed E-state index contributed by atoms with van der Waals surface area (Å²) in [6, 6.07) is 54.4. The van der Waals surface area contributed by atoms with Gasteiger partial charge in [-0.3, -0.25) is 0 Å². The Labute approximate surface area is 333 Å². The lowest BCUT2D eigenvalue weighted by atomic mass is 9.66. The van der Waals surface area contributed by atoms with Crippen LogP contribution in [-0.4, -0.2) is 15.0 Å². The molecular formula is C52H39N5. The van der Waals surface area contributed by atoms with Crippen molar-refractivity contribution < 1.29 is 0 Å². The maximum absolute atomic E-state index is 9.96. The largest absolute Gasteiger partial charge is 0.208 e. The molecule has 10 rings (SSSR count). The van der Waals surface area contributed by atoms with Gasteiger partial charge in [0, 0.05) is 22.1 Å². The second-order valence-electron chi connectivity index (χ2n) is 16.2. The zero-order valence-corrected chi connectivity index (χ0v) is 31.8. The van der Waals surface area contributed by atoms with Crippen molar-refractivity contribution in [3.8, 4) is 68.6 Å². The smallest absolute Gasteiger partial charge is 0.164 e. The number of hydrogen-bond acceptors (Lipinski definition) is 5. The summed E-state index contributed by atoms with van der Waals surface area (Å²) in [4.78, 5) is 15.7. The minimum atomic E-state index is 0.211. The molecule has 2 aliphatic rings. The Morgan fingerprint density at radius 1 is 0.509 bits per heavy atom. The Balaban J connectivity index is 1.17. The fourth-order valence-electron chi connectivity index (χ4n) is 9.82. The van der Waals surface area contributed by atoms with Crippen LogP contribution >= 0.6 is 0 Å². The summed E-state index contributed by atoms with van der Waals surface area (Å²) >= 11 is 0. The summed E-state index contributed by atoms with van der Waals surface area (Å²) < 4.78 is 0. The summed E-state index contributed by atoms with van der Waals surface area (Å²) in [6.45, 7) is 2.47. The van der Waals surface area contributed by atoms with Gasteiger partial charge in [0.25, 0.3) is 0 Å². The molecule has 2 saturated carbocycles. The van der Waals surface area contributed by atoms with Gasteiger partial charge >= 0.3 is 0 Å². The lowest BCUT2D eigenvalue weighted by molar-refractivity contribution is 0.232. The van der Waals surface area contributed by atoms with Crippen LogP contribution in [0.4, 0.5) is 0 Å². The highest BCUT2D eigenvalue weighted by molar-refractivity contribution is 5.99. The molecule has 0 N–H and O–H groups in total. The maximum Gasteiger partial charge on any atom is 0.164 e. The van der Waals surface area contributed by atoms with Crippen LogP contribution in [0.3, 0.4) is 0 Å². The third kappa shape index (κ3) is 6.32. The molecule has 1 heterocycles. The second-order valence-corrected chi connectivity index (χ2v) is 16.2. The monoisotopic (exact) mass is 733 g/mol. The summed E-state index contributed by atoms with van der Waals surface area (Å²) in [5.74, 6) is 3.34. The summed E-state index contributed by atoms with van der Waals surface area (Å²) in [5, 5.41) is 23.7. The van der Waals surface area contributed by atoms with Crippen LogP contribution < -0.4 is 0 Å². The predicted molar refractivity (Wildman–Crippen MR) is 229 cm³/mol. The van der Waals surface area contributed by atoms with Gasteiger partial charge in [-0.2, -0.15) is 10.5 Å². The number of nitriles is 2. The summed E-state index contributed by atoms with van der Waals surface area (Å²) in [6.07, 6.45) is 6.70. The zero-order valence-electron chi connectivity index (χ0n) is 31.8. The van der Waals surface area contributed by atoms with Gasteiger partial charge in [-0.1, -0.05) is 123 Å². The molecular weight excluding hydrogens is 695 g/mol. The van der Waals surface area contributed by atoms with Gasteiger partial charge in [0.05, 0.1) is 23.3 Å². The minimum Gasteiger partial charge on any atom is -0.208 e. The molecule has 57 heavy (non-hydrogen) atoms. The lowest BCUT2D eigenvalue weighted by Gasteiger charge is -2.38. The first-order valence-corrected chi connectivity index (χ1v) is 19.9. The topological polar surface area (TPSA) is 86.2 Å². The van der Waals surface area contributed by atoms with E-state index in [9.17, 15) is 10.5 Å². The van der Waals surface area contributed by atoms with E-state index in [-0.39, 0.29) is 5.41 Å². The molecule has 0 saturated heterocycles. The van der Waals surface area contributed by atoms with Crippen molar-refractivity contribution in [2.24, 2.45) is 11.8 Å². The average molecular weight is 734 g/mol. The van der Waals surface area contributed by atoms with E-state index in [4.69, 9.17) is 15.0 Å². The Morgan fingerprint density at radius 3 is 1.86 bits per heavy atom. The molecule has 0 radical (unpaired) electrons. The molecule has 2 bridgehead atoms. The fourth-order valence-corrected chi connectivity index (χ4v) is 9.82. The normalized spacial score (nSPS) is 18.6. The van der Waals surface area contributed by atoms with Gasteiger partial charge in [0.2, 0.25) is 0 Å². The highest BCUT2D eigenvalue weighted by Crippen LogP contribution is 2.52. The average Bonchev–Trinajstić information content (AvgIpc) is 3.63. The number of nitrogens with zero attached hydrogens (tertiary/aromatic N) is 5. The first-order chi connectivity index (χ1) is 27.9. The Kier molecular flexibility index (Phi) is 8.46. The van der Waals surface area contributed by atoms with Crippen molar-refractivity contribution in [2.75, 3.05) is 0 Å². The number of benzene rings is 7. The third-order valence-corrected chi connectivity index (χ3v) is 12.5. The molecule has 8 aromatic rings. The van der Waals surface area contributed by atoms with Crippen molar-refractivity contribution in [3.05, 3.63) is 162 Å². The van der Waals surface area contributed by atoms with Gasteiger partial charge in [-0.05, 0) is 123 Å². The highest BCUT2D eigenvalue weighted by atomic mass is 15.0. The van der Waals surface area contributed by atoms with Crippen LogP contribution in [0, 0.1) is 34.5 Å². The number of fused-ring (bicyclic) bond motifs is 4. The van der Waals surface area contributed by atoms with Crippen molar-refractivity contribution in [1.29, 1.82) is 10.5 Å². The van der Waals surface area contributed by atoms with Crippen molar-refractivity contribution in [1.82, 2.24) is 15.0 Å². The fraction of sp³-hybridized carbons (Fsp3) is 0.173. The zero-order chi connectivity index (χ0) is 38.5. The second kappa shape index (κ2) is 14.0. The van der Waals surface area contributed by atoms with Crippen LogP contribution in [0.15, 0.2) is 146 Å². The van der Waals surface area contributed by atoms with Crippen LogP contribution in [-0.2, 0) is 5.41 Å². The summed E-state index contributed by atoms with van der Waals surface area (Å²) in [5.41, 5.74) is 9.50. The summed E-state index contributed by atoms with van der Waals surface area (Å²) in [7, 11) is 0. The molecule has 1 aromatic heterocycles. The van der Waals surface area contributed by atoms with Gasteiger partial charge in [0.15, 0.2) is 17.5 Å². The lowest BCUT2D eigenvalue weighted by Crippen LogP contribution is -2.30. The molecule has 2 fully saturated rings. The Bertz CT molecular complexity index is 2930. The number of hydrogen-bond donors (Lipinski definition) is 0. The maximum atomic E-state index is 9.96. The van der Waals surface area contributed by atoms with Crippen LogP contribution in [0.25, 0.3) is 78.0 Å². The van der Waals surface area contributed by atoms with Crippen LogP contribution in [0.5, 0.6) is 0 Å². The third-order valence-electron chi connectivity index (χ3n) is 12.5.